The largest absolute Gasteiger partial charge is 0.352 e. The number of rotatable bonds is 5. The predicted molar refractivity (Wildman–Crippen MR) is 130 cm³/mol. The molecule has 0 radical (unpaired) electrons. The minimum atomic E-state index is -0.166. The maximum Gasteiger partial charge on any atom is 0.326 e. The number of nitrogens with zero attached hydrogens (tertiary/aromatic N) is 2. The van der Waals surface area contributed by atoms with Crippen molar-refractivity contribution in [2.24, 2.45) is 0 Å². The summed E-state index contributed by atoms with van der Waals surface area (Å²) in [6, 6.07) is 15.4. The number of hydrogen-bond acceptors (Lipinski definition) is 3. The number of aromatic nitrogens is 2. The van der Waals surface area contributed by atoms with Crippen molar-refractivity contribution in [2.75, 3.05) is 19.6 Å². The number of nitrogens with one attached hydrogen (secondary N) is 2. The van der Waals surface area contributed by atoms with E-state index >= 15 is 0 Å². The number of benzene rings is 2. The zero-order valence-electron chi connectivity index (χ0n) is 19.6. The summed E-state index contributed by atoms with van der Waals surface area (Å²) >= 11 is 0. The molecule has 1 fully saturated rings. The summed E-state index contributed by atoms with van der Waals surface area (Å²) in [6.07, 6.45) is 1.74. The molecule has 1 saturated heterocycles. The van der Waals surface area contributed by atoms with Gasteiger partial charge in [-0.2, -0.15) is 0 Å². The number of amides is 2. The van der Waals surface area contributed by atoms with Crippen LogP contribution in [-0.4, -0.2) is 45.9 Å². The van der Waals surface area contributed by atoms with Crippen LogP contribution < -0.4 is 11.0 Å². The van der Waals surface area contributed by atoms with Crippen LogP contribution in [0.4, 0.5) is 0 Å². The van der Waals surface area contributed by atoms with E-state index in [1.54, 1.807) is 0 Å². The Bertz CT molecular complexity index is 1190. The van der Waals surface area contributed by atoms with Crippen LogP contribution >= 0.6 is 0 Å². The Morgan fingerprint density at radius 2 is 1.70 bits per heavy atom. The van der Waals surface area contributed by atoms with Gasteiger partial charge in [0.25, 0.3) is 5.91 Å². The number of carbonyl (C=O) groups excluding carboxylic acids is 2. The molecule has 33 heavy (non-hydrogen) atoms. The molecule has 0 unspecified atom stereocenters. The van der Waals surface area contributed by atoms with E-state index in [4.69, 9.17) is 0 Å². The number of para-hydroxylation sites is 2. The van der Waals surface area contributed by atoms with Crippen LogP contribution in [0.15, 0.2) is 53.3 Å². The number of fused-ring (bicyclic) bond motifs is 1. The van der Waals surface area contributed by atoms with Gasteiger partial charge in [-0.25, -0.2) is 4.79 Å². The molecule has 1 aliphatic rings. The lowest BCUT2D eigenvalue weighted by Gasteiger charge is -2.32. The minimum absolute atomic E-state index is 0.0307. The van der Waals surface area contributed by atoms with Gasteiger partial charge in [0.2, 0.25) is 5.91 Å². The number of H-pyrrole nitrogens is 1. The maximum absolute atomic E-state index is 12.6. The molecule has 4 rings (SSSR count). The highest BCUT2D eigenvalue weighted by atomic mass is 16.2. The van der Waals surface area contributed by atoms with Crippen LogP contribution in [0.3, 0.4) is 0 Å². The second-order valence-electron chi connectivity index (χ2n) is 9.76. The Morgan fingerprint density at radius 3 is 2.36 bits per heavy atom. The third kappa shape index (κ3) is 5.02. The second-order valence-corrected chi connectivity index (χ2v) is 9.76. The molecule has 2 aromatic carbocycles. The van der Waals surface area contributed by atoms with E-state index < -0.39 is 0 Å². The van der Waals surface area contributed by atoms with E-state index in [9.17, 15) is 14.4 Å². The Hall–Kier alpha value is -3.35. The van der Waals surface area contributed by atoms with E-state index in [2.05, 4.69) is 31.1 Å². The van der Waals surface area contributed by atoms with Gasteiger partial charge in [-0.3, -0.25) is 14.2 Å². The highest BCUT2D eigenvalue weighted by Crippen LogP contribution is 2.25. The summed E-state index contributed by atoms with van der Waals surface area (Å²) in [5.41, 5.74) is 3.46. The SMILES string of the molecule is CC(C)(C)c1ccc(C(=O)NCCC(=O)N2CCC(n3c(=O)[nH]c4ccccc43)CC2)cc1. The van der Waals surface area contributed by atoms with Crippen LogP contribution in [0.5, 0.6) is 0 Å². The third-order valence-electron chi connectivity index (χ3n) is 6.44. The average Bonchev–Trinajstić information content (AvgIpc) is 3.14. The van der Waals surface area contributed by atoms with Gasteiger partial charge in [0.1, 0.15) is 0 Å². The number of piperidine rings is 1. The molecule has 0 aliphatic carbocycles. The molecule has 0 saturated carbocycles. The van der Waals surface area contributed by atoms with Gasteiger partial charge >= 0.3 is 5.69 Å². The molecule has 7 heteroatoms. The number of hydrogen-bond donors (Lipinski definition) is 2. The lowest BCUT2D eigenvalue weighted by molar-refractivity contribution is -0.132. The molecule has 2 amide bonds. The number of likely N-dealkylation sites (tertiary alicyclic amines) is 1. The Morgan fingerprint density at radius 1 is 1.03 bits per heavy atom. The number of imidazole rings is 1. The highest BCUT2D eigenvalue weighted by molar-refractivity contribution is 5.94. The van der Waals surface area contributed by atoms with E-state index in [1.807, 2.05) is 58.0 Å². The molecule has 2 N–H and O–H groups in total. The summed E-state index contributed by atoms with van der Waals surface area (Å²) < 4.78 is 1.82. The average molecular weight is 449 g/mol. The minimum Gasteiger partial charge on any atom is -0.352 e. The first-order valence-electron chi connectivity index (χ1n) is 11.6. The van der Waals surface area contributed by atoms with Crippen molar-refractivity contribution in [3.63, 3.8) is 0 Å². The van der Waals surface area contributed by atoms with Gasteiger partial charge in [-0.05, 0) is 48.1 Å². The fourth-order valence-electron chi connectivity index (χ4n) is 4.47. The lowest BCUT2D eigenvalue weighted by atomic mass is 9.87. The first-order chi connectivity index (χ1) is 15.7. The molecule has 1 aliphatic heterocycles. The quantitative estimate of drug-likeness (QED) is 0.625. The molecule has 2 heterocycles. The summed E-state index contributed by atoms with van der Waals surface area (Å²) in [6.45, 7) is 7.93. The molecule has 3 aromatic rings. The van der Waals surface area contributed by atoms with Crippen molar-refractivity contribution < 1.29 is 9.59 Å². The summed E-state index contributed by atoms with van der Waals surface area (Å²) in [5.74, 6) is -0.135. The Kier molecular flexibility index (Phi) is 6.40. The van der Waals surface area contributed by atoms with Crippen LogP contribution in [0.25, 0.3) is 11.0 Å². The smallest absolute Gasteiger partial charge is 0.326 e. The van der Waals surface area contributed by atoms with Crippen LogP contribution in [0.2, 0.25) is 0 Å². The van der Waals surface area contributed by atoms with Crippen molar-refractivity contribution in [3.8, 4) is 0 Å². The zero-order valence-corrected chi connectivity index (χ0v) is 19.6. The molecule has 0 spiro atoms. The molecule has 7 nitrogen and oxygen atoms in total. The molecule has 174 valence electrons. The highest BCUT2D eigenvalue weighted by Gasteiger charge is 2.26. The van der Waals surface area contributed by atoms with E-state index in [0.29, 0.717) is 25.2 Å². The molecular formula is C26H32N4O3. The van der Waals surface area contributed by atoms with Crippen molar-refractivity contribution in [1.29, 1.82) is 0 Å². The van der Waals surface area contributed by atoms with Gasteiger partial charge < -0.3 is 15.2 Å². The molecule has 0 bridgehead atoms. The Labute approximate surface area is 193 Å². The summed E-state index contributed by atoms with van der Waals surface area (Å²) in [7, 11) is 0. The third-order valence-corrected chi connectivity index (χ3v) is 6.44. The fraction of sp³-hybridized carbons (Fsp3) is 0.423. The maximum atomic E-state index is 12.6. The predicted octanol–water partition coefficient (Wildman–Crippen LogP) is 3.61. The van der Waals surface area contributed by atoms with Gasteiger partial charge in [-0.15, -0.1) is 0 Å². The van der Waals surface area contributed by atoms with Crippen molar-refractivity contribution in [3.05, 3.63) is 70.1 Å². The zero-order chi connectivity index (χ0) is 23.6. The summed E-state index contributed by atoms with van der Waals surface area (Å²) in [5, 5.41) is 2.85. The van der Waals surface area contributed by atoms with Crippen molar-refractivity contribution >= 4 is 22.8 Å². The number of carbonyl (C=O) groups is 2. The van der Waals surface area contributed by atoms with Crippen LogP contribution in [0.1, 0.15) is 62.0 Å². The van der Waals surface area contributed by atoms with E-state index in [-0.39, 0.29) is 35.4 Å². The van der Waals surface area contributed by atoms with Gasteiger partial charge in [-0.1, -0.05) is 45.0 Å². The van der Waals surface area contributed by atoms with Gasteiger partial charge in [0, 0.05) is 37.7 Å². The topological polar surface area (TPSA) is 87.2 Å². The number of aromatic amines is 1. The van der Waals surface area contributed by atoms with Gasteiger partial charge in [0.15, 0.2) is 0 Å². The fourth-order valence-corrected chi connectivity index (χ4v) is 4.47. The normalized spacial score (nSPS) is 15.1. The first-order valence-corrected chi connectivity index (χ1v) is 11.6. The monoisotopic (exact) mass is 448 g/mol. The van der Waals surface area contributed by atoms with Crippen molar-refractivity contribution in [2.45, 2.75) is 51.5 Å². The lowest BCUT2D eigenvalue weighted by Crippen LogP contribution is -2.41. The summed E-state index contributed by atoms with van der Waals surface area (Å²) in [4.78, 5) is 42.2. The van der Waals surface area contributed by atoms with E-state index in [0.717, 1.165) is 23.9 Å². The molecule has 0 atom stereocenters. The van der Waals surface area contributed by atoms with Crippen LogP contribution in [-0.2, 0) is 10.2 Å². The Balaban J connectivity index is 1.26. The van der Waals surface area contributed by atoms with E-state index in [1.165, 1.54) is 5.56 Å². The molecular weight excluding hydrogens is 416 g/mol. The van der Waals surface area contributed by atoms with Crippen LogP contribution in [0, 0.1) is 0 Å². The van der Waals surface area contributed by atoms with Gasteiger partial charge in [0.05, 0.1) is 11.0 Å². The second kappa shape index (κ2) is 9.25. The first kappa shape index (κ1) is 22.8. The van der Waals surface area contributed by atoms with Crippen molar-refractivity contribution in [1.82, 2.24) is 19.8 Å². The standard InChI is InChI=1S/C26H32N4O3/c1-26(2,3)19-10-8-18(9-11-19)24(32)27-15-12-23(31)29-16-13-20(14-17-29)30-22-7-5-4-6-21(22)28-25(30)33/h4-11,20H,12-17H2,1-3H3,(H,27,32)(H,28,33). The molecule has 1 aromatic heterocycles.